The van der Waals surface area contributed by atoms with Crippen molar-refractivity contribution in [1.29, 1.82) is 0 Å². The van der Waals surface area contributed by atoms with E-state index in [1.54, 1.807) is 50.8 Å². The van der Waals surface area contributed by atoms with E-state index in [0.29, 0.717) is 42.3 Å². The van der Waals surface area contributed by atoms with Crippen molar-refractivity contribution >= 4 is 16.9 Å². The average Bonchev–Trinajstić information content (AvgIpc) is 3.42. The summed E-state index contributed by atoms with van der Waals surface area (Å²) in [6.07, 6.45) is 7.05. The quantitative estimate of drug-likeness (QED) is 0.456. The van der Waals surface area contributed by atoms with Crippen LogP contribution in [0, 0.1) is 0 Å². The van der Waals surface area contributed by atoms with Gasteiger partial charge in [0, 0.05) is 31.5 Å². The number of carbonyl (C=O) groups excluding carboxylic acids is 1. The van der Waals surface area contributed by atoms with E-state index < -0.39 is 0 Å². The lowest BCUT2D eigenvalue weighted by atomic mass is 10.2. The zero-order chi connectivity index (χ0) is 22.1. The number of likely N-dealkylation sites (tertiary alicyclic amines) is 1. The van der Waals surface area contributed by atoms with E-state index in [-0.39, 0.29) is 17.6 Å². The van der Waals surface area contributed by atoms with Crippen LogP contribution in [0.4, 0.5) is 0 Å². The van der Waals surface area contributed by atoms with Gasteiger partial charge in [-0.15, -0.1) is 0 Å². The third kappa shape index (κ3) is 3.45. The number of aromatic nitrogens is 4. The molecule has 1 aromatic carbocycles. The first-order valence-corrected chi connectivity index (χ1v) is 10.3. The highest BCUT2D eigenvalue weighted by atomic mass is 16.5. The van der Waals surface area contributed by atoms with Gasteiger partial charge in [-0.2, -0.15) is 0 Å². The number of hydrogen-bond acceptors (Lipinski definition) is 5. The molecule has 1 atom stereocenters. The maximum atomic E-state index is 13.5. The minimum absolute atomic E-state index is 0.107. The van der Waals surface area contributed by atoms with E-state index in [9.17, 15) is 9.59 Å². The van der Waals surface area contributed by atoms with Crippen LogP contribution in [0.2, 0.25) is 0 Å². The zero-order valence-electron chi connectivity index (χ0n) is 17.3. The number of hydrogen-bond donors (Lipinski definition) is 0. The van der Waals surface area contributed by atoms with Crippen LogP contribution in [0.3, 0.4) is 0 Å². The Morgan fingerprint density at radius 2 is 1.94 bits per heavy atom. The minimum Gasteiger partial charge on any atom is -0.439 e. The van der Waals surface area contributed by atoms with E-state index in [1.807, 2.05) is 30.3 Å². The fourth-order valence-corrected chi connectivity index (χ4v) is 4.14. The number of fused-ring (bicyclic) bond motifs is 1. The molecule has 1 aliphatic heterocycles. The largest absolute Gasteiger partial charge is 0.439 e. The second-order valence-corrected chi connectivity index (χ2v) is 7.55. The summed E-state index contributed by atoms with van der Waals surface area (Å²) in [6, 6.07) is 14.4. The molecule has 0 N–H and O–H groups in total. The molecule has 1 aliphatic rings. The molecule has 8 heteroatoms. The van der Waals surface area contributed by atoms with Crippen molar-refractivity contribution in [2.24, 2.45) is 0 Å². The number of rotatable bonds is 5. The Bertz CT molecular complexity index is 1340. The lowest BCUT2D eigenvalue weighted by molar-refractivity contribution is -0.125. The van der Waals surface area contributed by atoms with Gasteiger partial charge in [0.1, 0.15) is 5.75 Å². The van der Waals surface area contributed by atoms with Gasteiger partial charge in [-0.1, -0.05) is 12.6 Å². The van der Waals surface area contributed by atoms with Crippen molar-refractivity contribution in [3.05, 3.63) is 90.3 Å². The molecule has 3 aromatic heterocycles. The first-order chi connectivity index (χ1) is 15.7. The summed E-state index contributed by atoms with van der Waals surface area (Å²) in [4.78, 5) is 35.7. The Hall–Kier alpha value is -4.20. The minimum atomic E-state index is -0.163. The van der Waals surface area contributed by atoms with E-state index in [0.717, 1.165) is 5.52 Å². The summed E-state index contributed by atoms with van der Waals surface area (Å²) in [5.74, 6) is 1.00. The van der Waals surface area contributed by atoms with E-state index >= 15 is 0 Å². The third-order valence-electron chi connectivity index (χ3n) is 5.65. The molecule has 32 heavy (non-hydrogen) atoms. The molecule has 0 aliphatic carbocycles. The molecular formula is C24H21N5O3. The lowest BCUT2D eigenvalue weighted by Crippen LogP contribution is -2.31. The number of imidazole rings is 1. The van der Waals surface area contributed by atoms with E-state index in [2.05, 4.69) is 16.5 Å². The van der Waals surface area contributed by atoms with E-state index in [1.165, 1.54) is 6.08 Å². The number of nitrogens with zero attached hydrogens (tertiary/aromatic N) is 5. The molecule has 5 rings (SSSR count). The molecule has 8 nitrogen and oxygen atoms in total. The van der Waals surface area contributed by atoms with Crippen LogP contribution in [0.1, 0.15) is 12.5 Å². The Balaban J connectivity index is 1.51. The standard InChI is InChI=1S/C24H21N5O3/c1-2-23(30)27-14-11-18(16-27)29-20-10-13-25-15-21(20)28(24(29)31)17-6-8-19(9-7-17)32-22-5-3-4-12-26-22/h2-10,12-13,15,18H,1,11,14,16H2. The van der Waals surface area contributed by atoms with Crippen LogP contribution < -0.4 is 10.4 Å². The molecule has 1 fully saturated rings. The number of carbonyl (C=O) groups is 1. The first-order valence-electron chi connectivity index (χ1n) is 10.3. The Labute approximate surface area is 184 Å². The number of ether oxygens (including phenoxy) is 1. The van der Waals surface area contributed by atoms with Gasteiger partial charge >= 0.3 is 5.69 Å². The van der Waals surface area contributed by atoms with Crippen molar-refractivity contribution in [3.8, 4) is 17.3 Å². The van der Waals surface area contributed by atoms with Crippen LogP contribution >= 0.6 is 0 Å². The van der Waals surface area contributed by atoms with Gasteiger partial charge in [-0.05, 0) is 48.9 Å². The Morgan fingerprint density at radius 3 is 2.69 bits per heavy atom. The molecule has 0 saturated carbocycles. The second-order valence-electron chi connectivity index (χ2n) is 7.55. The molecule has 160 valence electrons. The topological polar surface area (TPSA) is 82.2 Å². The highest BCUT2D eigenvalue weighted by Gasteiger charge is 2.29. The van der Waals surface area contributed by atoms with Crippen LogP contribution in [0.15, 0.2) is 84.6 Å². The first kappa shape index (κ1) is 19.7. The van der Waals surface area contributed by atoms with Gasteiger partial charge in [-0.25, -0.2) is 9.78 Å². The van der Waals surface area contributed by atoms with Gasteiger partial charge in [-0.3, -0.25) is 18.9 Å². The predicted molar refractivity (Wildman–Crippen MR) is 120 cm³/mol. The summed E-state index contributed by atoms with van der Waals surface area (Å²) >= 11 is 0. The molecule has 4 heterocycles. The predicted octanol–water partition coefficient (Wildman–Crippen LogP) is 3.33. The SMILES string of the molecule is C=CC(=O)N1CCC(n2c(=O)n(-c3ccc(Oc4ccccn4)cc3)c3cnccc32)C1. The highest BCUT2D eigenvalue weighted by molar-refractivity contribution is 5.87. The molecule has 0 radical (unpaired) electrons. The van der Waals surface area contributed by atoms with Crippen LogP contribution in [-0.2, 0) is 4.79 Å². The van der Waals surface area contributed by atoms with Gasteiger partial charge < -0.3 is 9.64 Å². The fraction of sp³-hybridized carbons (Fsp3) is 0.167. The molecular weight excluding hydrogens is 406 g/mol. The summed E-state index contributed by atoms with van der Waals surface area (Å²) in [5.41, 5.74) is 2.04. The smallest absolute Gasteiger partial charge is 0.334 e. The third-order valence-corrected chi connectivity index (χ3v) is 5.65. The number of pyridine rings is 2. The summed E-state index contributed by atoms with van der Waals surface area (Å²) in [6.45, 7) is 4.63. The summed E-state index contributed by atoms with van der Waals surface area (Å²) < 4.78 is 9.17. The van der Waals surface area contributed by atoms with Gasteiger partial charge in [0.15, 0.2) is 0 Å². The van der Waals surface area contributed by atoms with Gasteiger partial charge in [0.05, 0.1) is 29.0 Å². The highest BCUT2D eigenvalue weighted by Crippen LogP contribution is 2.27. The van der Waals surface area contributed by atoms with Crippen molar-refractivity contribution in [3.63, 3.8) is 0 Å². The summed E-state index contributed by atoms with van der Waals surface area (Å²) in [5, 5.41) is 0. The van der Waals surface area contributed by atoms with Crippen LogP contribution in [-0.4, -0.2) is 43.0 Å². The molecule has 1 amide bonds. The Morgan fingerprint density at radius 1 is 1.09 bits per heavy atom. The zero-order valence-corrected chi connectivity index (χ0v) is 17.3. The monoisotopic (exact) mass is 427 g/mol. The normalized spacial score (nSPS) is 15.8. The van der Waals surface area contributed by atoms with E-state index in [4.69, 9.17) is 4.74 Å². The second kappa shape index (κ2) is 8.14. The molecule has 4 aromatic rings. The van der Waals surface area contributed by atoms with Crippen LogP contribution in [0.25, 0.3) is 16.7 Å². The lowest BCUT2D eigenvalue weighted by Gasteiger charge is -2.15. The Kier molecular flexibility index (Phi) is 5.03. The van der Waals surface area contributed by atoms with Crippen molar-refractivity contribution in [2.45, 2.75) is 12.5 Å². The van der Waals surface area contributed by atoms with Gasteiger partial charge in [0.2, 0.25) is 11.8 Å². The molecule has 0 spiro atoms. The van der Waals surface area contributed by atoms with Crippen molar-refractivity contribution in [1.82, 2.24) is 24.0 Å². The van der Waals surface area contributed by atoms with Crippen molar-refractivity contribution in [2.75, 3.05) is 13.1 Å². The van der Waals surface area contributed by atoms with Crippen molar-refractivity contribution < 1.29 is 9.53 Å². The molecule has 0 bridgehead atoms. The maximum Gasteiger partial charge on any atom is 0.334 e. The average molecular weight is 427 g/mol. The van der Waals surface area contributed by atoms with Crippen LogP contribution in [0.5, 0.6) is 11.6 Å². The number of benzene rings is 1. The molecule has 1 saturated heterocycles. The molecule has 1 unspecified atom stereocenters. The fourth-order valence-electron chi connectivity index (χ4n) is 4.14. The van der Waals surface area contributed by atoms with Gasteiger partial charge in [0.25, 0.3) is 0 Å². The summed E-state index contributed by atoms with van der Waals surface area (Å²) in [7, 11) is 0. The maximum absolute atomic E-state index is 13.5. The number of amides is 1.